The molecule has 2 unspecified atom stereocenters. The number of amides is 2. The molecule has 164 valence electrons. The van der Waals surface area contributed by atoms with Gasteiger partial charge in [0, 0.05) is 24.2 Å². The van der Waals surface area contributed by atoms with Crippen molar-refractivity contribution in [3.63, 3.8) is 0 Å². The topological polar surface area (TPSA) is 105 Å². The Bertz CT molecular complexity index is 1220. The van der Waals surface area contributed by atoms with Gasteiger partial charge in [-0.05, 0) is 30.9 Å². The Kier molecular flexibility index (Phi) is 5.08. The van der Waals surface area contributed by atoms with Gasteiger partial charge in [-0.1, -0.05) is 37.3 Å². The molecule has 1 aromatic carbocycles. The molecule has 0 spiro atoms. The highest BCUT2D eigenvalue weighted by Crippen LogP contribution is 2.27. The third-order valence-electron chi connectivity index (χ3n) is 5.96. The molecule has 5 rings (SSSR count). The number of nitrogens with zero attached hydrogens (tertiary/aromatic N) is 5. The molecular formula is C23H25N7O2. The Labute approximate surface area is 185 Å². The first-order chi connectivity index (χ1) is 15.5. The maximum atomic E-state index is 12.0. The molecule has 4 heterocycles. The number of aromatic nitrogens is 4. The predicted octanol–water partition coefficient (Wildman–Crippen LogP) is 2.57. The average Bonchev–Trinajstić information content (AvgIpc) is 3.47. The molecule has 3 aromatic rings. The number of carbonyl (C=O) groups excluding carboxylic acids is 2. The van der Waals surface area contributed by atoms with E-state index in [4.69, 9.17) is 9.97 Å². The second kappa shape index (κ2) is 8.07. The van der Waals surface area contributed by atoms with E-state index < -0.39 is 0 Å². The van der Waals surface area contributed by atoms with Gasteiger partial charge in [-0.3, -0.25) is 14.9 Å². The maximum Gasteiger partial charge on any atom is 0.254 e. The Balaban J connectivity index is 1.57. The summed E-state index contributed by atoms with van der Waals surface area (Å²) >= 11 is 0. The van der Waals surface area contributed by atoms with Crippen molar-refractivity contribution in [2.45, 2.75) is 32.7 Å². The molecule has 9 nitrogen and oxygen atoms in total. The zero-order chi connectivity index (χ0) is 22.2. The molecule has 2 amide bonds. The van der Waals surface area contributed by atoms with E-state index in [9.17, 15) is 9.59 Å². The van der Waals surface area contributed by atoms with Gasteiger partial charge in [0.1, 0.15) is 0 Å². The van der Waals surface area contributed by atoms with Gasteiger partial charge >= 0.3 is 0 Å². The predicted molar refractivity (Wildman–Crippen MR) is 121 cm³/mol. The second-order valence-electron chi connectivity index (χ2n) is 8.52. The standard InChI is InChI=1S/C23H25N7O2/c1-14-8-9-29(13-14)23-28-22(25-15(2)16-6-4-3-5-7-16)27-20-18(12-24-30(20)23)10-17-11-19(31)26-21(17)32/h3-7,10,12,14-15H,8-9,11,13H2,1-2H3,(H,25,27)(H,26,31,32). The molecule has 2 atom stereocenters. The first-order valence-corrected chi connectivity index (χ1v) is 10.8. The fourth-order valence-corrected chi connectivity index (χ4v) is 4.20. The van der Waals surface area contributed by atoms with E-state index in [2.05, 4.69) is 46.6 Å². The number of hydrogen-bond acceptors (Lipinski definition) is 7. The first-order valence-electron chi connectivity index (χ1n) is 10.8. The first kappa shape index (κ1) is 20.2. The Morgan fingerprint density at radius 2 is 2.03 bits per heavy atom. The molecule has 2 saturated heterocycles. The van der Waals surface area contributed by atoms with Gasteiger partial charge in [0.2, 0.25) is 17.8 Å². The van der Waals surface area contributed by atoms with Crippen molar-refractivity contribution in [2.75, 3.05) is 23.3 Å². The number of nitrogens with one attached hydrogen (secondary N) is 2. The lowest BCUT2D eigenvalue weighted by atomic mass is 10.1. The molecule has 2 aliphatic heterocycles. The zero-order valence-corrected chi connectivity index (χ0v) is 18.1. The number of hydrogen-bond donors (Lipinski definition) is 2. The van der Waals surface area contributed by atoms with E-state index in [0.29, 0.717) is 28.6 Å². The number of rotatable bonds is 5. The second-order valence-corrected chi connectivity index (χ2v) is 8.52. The van der Waals surface area contributed by atoms with Gasteiger partial charge in [0.25, 0.3) is 5.91 Å². The van der Waals surface area contributed by atoms with Crippen LogP contribution in [-0.4, -0.2) is 44.5 Å². The lowest BCUT2D eigenvalue weighted by molar-refractivity contribution is -0.124. The van der Waals surface area contributed by atoms with Gasteiger partial charge in [0.05, 0.1) is 18.7 Å². The van der Waals surface area contributed by atoms with Crippen molar-refractivity contribution in [2.24, 2.45) is 5.92 Å². The molecule has 0 radical (unpaired) electrons. The van der Waals surface area contributed by atoms with Crippen LogP contribution in [0.15, 0.2) is 42.1 Å². The zero-order valence-electron chi connectivity index (χ0n) is 18.1. The third-order valence-corrected chi connectivity index (χ3v) is 5.96. The van der Waals surface area contributed by atoms with Crippen LogP contribution < -0.4 is 15.5 Å². The van der Waals surface area contributed by atoms with Gasteiger partial charge in [-0.2, -0.15) is 19.6 Å². The number of benzene rings is 1. The van der Waals surface area contributed by atoms with Crippen molar-refractivity contribution in [1.82, 2.24) is 24.9 Å². The summed E-state index contributed by atoms with van der Waals surface area (Å²) in [6, 6.07) is 10.1. The van der Waals surface area contributed by atoms with Gasteiger partial charge < -0.3 is 10.2 Å². The van der Waals surface area contributed by atoms with Gasteiger partial charge in [-0.25, -0.2) is 0 Å². The molecule has 32 heavy (non-hydrogen) atoms. The fourth-order valence-electron chi connectivity index (χ4n) is 4.20. The highest BCUT2D eigenvalue weighted by Gasteiger charge is 2.27. The minimum atomic E-state index is -0.368. The largest absolute Gasteiger partial charge is 0.348 e. The molecule has 2 aromatic heterocycles. The van der Waals surface area contributed by atoms with Crippen LogP contribution in [-0.2, 0) is 9.59 Å². The summed E-state index contributed by atoms with van der Waals surface area (Å²) in [5, 5.41) is 10.2. The molecule has 2 N–H and O–H groups in total. The highest BCUT2D eigenvalue weighted by molar-refractivity contribution is 6.15. The van der Waals surface area contributed by atoms with Crippen molar-refractivity contribution in [3.8, 4) is 0 Å². The lowest BCUT2D eigenvalue weighted by Gasteiger charge is -2.20. The van der Waals surface area contributed by atoms with E-state index in [1.807, 2.05) is 18.2 Å². The van der Waals surface area contributed by atoms with Crippen LogP contribution in [0.2, 0.25) is 0 Å². The Morgan fingerprint density at radius 1 is 1.22 bits per heavy atom. The maximum absolute atomic E-state index is 12.0. The van der Waals surface area contributed by atoms with Crippen LogP contribution in [0, 0.1) is 5.92 Å². The number of carbonyl (C=O) groups is 2. The van der Waals surface area contributed by atoms with E-state index in [0.717, 1.165) is 31.0 Å². The van der Waals surface area contributed by atoms with Crippen LogP contribution in [0.25, 0.3) is 11.7 Å². The van der Waals surface area contributed by atoms with E-state index in [1.54, 1.807) is 16.8 Å². The Morgan fingerprint density at radius 3 is 2.72 bits per heavy atom. The quantitative estimate of drug-likeness (QED) is 0.473. The molecule has 2 aliphatic rings. The van der Waals surface area contributed by atoms with Crippen LogP contribution in [0.3, 0.4) is 0 Å². The van der Waals surface area contributed by atoms with Crippen LogP contribution in [0.4, 0.5) is 11.9 Å². The fraction of sp³-hybridized carbons (Fsp3) is 0.348. The molecule has 9 heteroatoms. The van der Waals surface area contributed by atoms with Crippen molar-refractivity contribution in [1.29, 1.82) is 0 Å². The van der Waals surface area contributed by atoms with Crippen molar-refractivity contribution in [3.05, 3.63) is 53.2 Å². The molecule has 2 fully saturated rings. The van der Waals surface area contributed by atoms with E-state index in [1.165, 1.54) is 0 Å². The minimum absolute atomic E-state index is 0.00644. The summed E-state index contributed by atoms with van der Waals surface area (Å²) in [7, 11) is 0. The normalized spacial score (nSPS) is 20.9. The molecule has 0 aliphatic carbocycles. The summed E-state index contributed by atoms with van der Waals surface area (Å²) in [6.07, 6.45) is 4.51. The van der Waals surface area contributed by atoms with Crippen LogP contribution in [0.1, 0.15) is 43.9 Å². The Hall–Kier alpha value is -3.75. The lowest BCUT2D eigenvalue weighted by Crippen LogP contribution is -2.25. The van der Waals surface area contributed by atoms with E-state index in [-0.39, 0.29) is 24.3 Å². The monoisotopic (exact) mass is 431 g/mol. The summed E-state index contributed by atoms with van der Waals surface area (Å²) in [5.41, 5.74) is 2.81. The van der Waals surface area contributed by atoms with Crippen molar-refractivity contribution < 1.29 is 9.59 Å². The van der Waals surface area contributed by atoms with Gasteiger partial charge in [-0.15, -0.1) is 0 Å². The van der Waals surface area contributed by atoms with Crippen molar-refractivity contribution >= 4 is 35.4 Å². The number of imide groups is 1. The average molecular weight is 432 g/mol. The molecule has 0 saturated carbocycles. The SMILES string of the molecule is CC1CCN(c2nc(NC(C)c3ccccc3)nc3c(C=C4CC(=O)NC4=O)cnn23)C1. The third kappa shape index (κ3) is 3.81. The van der Waals surface area contributed by atoms with Gasteiger partial charge in [0.15, 0.2) is 5.65 Å². The summed E-state index contributed by atoms with van der Waals surface area (Å²) in [5.74, 6) is 1.13. The molecule has 0 bridgehead atoms. The molecular weight excluding hydrogens is 406 g/mol. The van der Waals surface area contributed by atoms with E-state index >= 15 is 0 Å². The van der Waals surface area contributed by atoms with Crippen LogP contribution in [0.5, 0.6) is 0 Å². The number of anilines is 2. The summed E-state index contributed by atoms with van der Waals surface area (Å²) in [4.78, 5) is 35.4. The summed E-state index contributed by atoms with van der Waals surface area (Å²) < 4.78 is 1.72. The smallest absolute Gasteiger partial charge is 0.254 e. The highest BCUT2D eigenvalue weighted by atomic mass is 16.2. The summed E-state index contributed by atoms with van der Waals surface area (Å²) in [6.45, 7) is 6.08. The number of fused-ring (bicyclic) bond motifs is 1. The minimum Gasteiger partial charge on any atom is -0.348 e. The van der Waals surface area contributed by atoms with Crippen LogP contribution >= 0.6 is 0 Å².